The highest BCUT2D eigenvalue weighted by Crippen LogP contribution is 2.23. The molecule has 12 heteroatoms. The number of fused-ring (bicyclic) bond motifs is 1. The highest BCUT2D eigenvalue weighted by atomic mass is 16.5. The van der Waals surface area contributed by atoms with E-state index in [2.05, 4.69) is 16.0 Å². The van der Waals surface area contributed by atoms with E-state index in [0.717, 1.165) is 5.56 Å². The Labute approximate surface area is 278 Å². The van der Waals surface area contributed by atoms with Gasteiger partial charge in [0, 0.05) is 26.6 Å². The van der Waals surface area contributed by atoms with Gasteiger partial charge in [0.05, 0.1) is 6.42 Å². The molecule has 2 saturated heterocycles. The van der Waals surface area contributed by atoms with Crippen molar-refractivity contribution in [2.24, 2.45) is 17.8 Å². The molecule has 0 radical (unpaired) electrons. The van der Waals surface area contributed by atoms with Crippen LogP contribution in [-0.2, 0) is 39.9 Å². The lowest BCUT2D eigenvalue weighted by atomic mass is 9.97. The Kier molecular flexibility index (Phi) is 13.8. The Hall–Kier alpha value is -3.96. The Balaban J connectivity index is 2.04. The molecule has 1 aromatic carbocycles. The molecule has 0 aliphatic carbocycles. The van der Waals surface area contributed by atoms with Crippen molar-refractivity contribution in [1.29, 1.82) is 0 Å². The highest BCUT2D eigenvalue weighted by Gasteiger charge is 2.41. The summed E-state index contributed by atoms with van der Waals surface area (Å²) in [7, 11) is 1.53. The fraction of sp³-hybridized carbons (Fsp3) is 0.657. The van der Waals surface area contributed by atoms with Crippen molar-refractivity contribution in [2.45, 2.75) is 110 Å². The maximum Gasteiger partial charge on any atom is 0.308 e. The van der Waals surface area contributed by atoms with Gasteiger partial charge in [-0.1, -0.05) is 71.9 Å². The second-order valence-electron chi connectivity index (χ2n) is 13.9. The van der Waals surface area contributed by atoms with Gasteiger partial charge in [0.15, 0.2) is 6.10 Å². The number of rotatable bonds is 7. The summed E-state index contributed by atoms with van der Waals surface area (Å²) in [5.41, 5.74) is 0.806. The molecule has 0 bridgehead atoms. The van der Waals surface area contributed by atoms with E-state index in [1.54, 1.807) is 0 Å². The summed E-state index contributed by atoms with van der Waals surface area (Å²) in [5, 5.41) is 8.48. The van der Waals surface area contributed by atoms with E-state index in [0.29, 0.717) is 25.8 Å². The van der Waals surface area contributed by atoms with Crippen LogP contribution >= 0.6 is 0 Å². The number of hydrogen-bond donors (Lipinski definition) is 3. The van der Waals surface area contributed by atoms with Gasteiger partial charge in [0.1, 0.15) is 24.2 Å². The summed E-state index contributed by atoms with van der Waals surface area (Å²) >= 11 is 0. The van der Waals surface area contributed by atoms with E-state index in [4.69, 9.17) is 4.74 Å². The number of nitrogens with zero attached hydrogens (tertiary/aromatic N) is 2. The Morgan fingerprint density at radius 1 is 0.809 bits per heavy atom. The molecule has 0 spiro atoms. The summed E-state index contributed by atoms with van der Waals surface area (Å²) in [4.78, 5) is 84.6. The van der Waals surface area contributed by atoms with Crippen molar-refractivity contribution in [2.75, 3.05) is 20.1 Å². The smallest absolute Gasteiger partial charge is 0.308 e. The fourth-order valence-electron chi connectivity index (χ4n) is 6.33. The molecule has 2 aliphatic rings. The van der Waals surface area contributed by atoms with Crippen molar-refractivity contribution in [3.63, 3.8) is 0 Å². The number of benzene rings is 1. The van der Waals surface area contributed by atoms with Crippen molar-refractivity contribution in [3.8, 4) is 0 Å². The van der Waals surface area contributed by atoms with E-state index in [9.17, 15) is 28.8 Å². The third-order valence-electron chi connectivity index (χ3n) is 8.60. The molecule has 1 aromatic rings. The molecule has 0 saturated carbocycles. The van der Waals surface area contributed by atoms with E-state index < -0.39 is 65.8 Å². The average Bonchev–Trinajstić information content (AvgIpc) is 3.49. The zero-order valence-corrected chi connectivity index (χ0v) is 28.9. The van der Waals surface area contributed by atoms with Crippen molar-refractivity contribution in [3.05, 3.63) is 35.9 Å². The first kappa shape index (κ1) is 37.5. The second kappa shape index (κ2) is 17.3. The number of carbonyl (C=O) groups excluding carboxylic acids is 6. The van der Waals surface area contributed by atoms with Crippen LogP contribution in [0.1, 0.15) is 79.2 Å². The predicted octanol–water partition coefficient (Wildman–Crippen LogP) is 2.20. The van der Waals surface area contributed by atoms with Gasteiger partial charge < -0.3 is 30.5 Å². The summed E-state index contributed by atoms with van der Waals surface area (Å²) < 4.78 is 5.65. The molecule has 260 valence electrons. The molecule has 3 rings (SSSR count). The summed E-state index contributed by atoms with van der Waals surface area (Å²) in [6, 6.07) is 5.49. The molecule has 2 heterocycles. The maximum atomic E-state index is 14.2. The van der Waals surface area contributed by atoms with Crippen LogP contribution in [0, 0.1) is 17.8 Å². The summed E-state index contributed by atoms with van der Waals surface area (Å²) in [5.74, 6) is -3.28. The van der Waals surface area contributed by atoms with Crippen molar-refractivity contribution < 1.29 is 33.5 Å². The van der Waals surface area contributed by atoms with Crippen LogP contribution in [0.15, 0.2) is 30.3 Å². The van der Waals surface area contributed by atoms with Gasteiger partial charge in [0.25, 0.3) is 5.91 Å². The van der Waals surface area contributed by atoms with Gasteiger partial charge >= 0.3 is 5.97 Å². The van der Waals surface area contributed by atoms with Crippen LogP contribution in [0.5, 0.6) is 0 Å². The fourth-order valence-corrected chi connectivity index (χ4v) is 6.33. The Bertz CT molecular complexity index is 1270. The quantitative estimate of drug-likeness (QED) is 0.381. The van der Waals surface area contributed by atoms with Crippen LogP contribution in [0.2, 0.25) is 0 Å². The standard InChI is InChI=1S/C35H53N5O7/c1-21(2)18-25-31(42)36-16-15-29(41)47-28(19-22(3)4)35(46)40-17-11-14-27(40)32(43)38-26(20-24-12-9-8-10-13-24)34(45)39(7)30(23(5)6)33(44)37-25/h8-10,12-13,21-23,25-28,30H,11,14-20H2,1-7H3,(H,36,42)(H,37,44)(H,38,43)/t25-,26-,27-,28-,30-/m0/s1. The SMILES string of the molecule is CC(C)C[C@@H]1NC(=O)[C@H](C(C)C)N(C)C(=O)[C@H](Cc2ccccc2)NC(=O)[C@@H]2CCCN2C(=O)[C@H](CC(C)C)OC(=O)CCNC1=O. The predicted molar refractivity (Wildman–Crippen MR) is 177 cm³/mol. The Morgan fingerprint density at radius 3 is 2.06 bits per heavy atom. The van der Waals surface area contributed by atoms with Crippen LogP contribution in [0.3, 0.4) is 0 Å². The summed E-state index contributed by atoms with van der Waals surface area (Å²) in [6.45, 7) is 11.6. The second-order valence-corrected chi connectivity index (χ2v) is 13.9. The van der Waals surface area contributed by atoms with E-state index in [1.165, 1.54) is 16.8 Å². The number of amides is 5. The minimum Gasteiger partial charge on any atom is -0.452 e. The van der Waals surface area contributed by atoms with E-state index in [-0.39, 0.29) is 43.6 Å². The molecule has 3 N–H and O–H groups in total. The van der Waals surface area contributed by atoms with E-state index >= 15 is 0 Å². The number of cyclic esters (lactones) is 1. The number of carbonyl (C=O) groups is 6. The first-order chi connectivity index (χ1) is 22.2. The number of nitrogens with one attached hydrogen (secondary N) is 3. The lowest BCUT2D eigenvalue weighted by Crippen LogP contribution is -2.60. The molecule has 2 aliphatic heterocycles. The van der Waals surface area contributed by atoms with Gasteiger partial charge in [-0.15, -0.1) is 0 Å². The minimum absolute atomic E-state index is 0.0191. The van der Waals surface area contributed by atoms with Crippen LogP contribution in [0.25, 0.3) is 0 Å². The number of esters is 1. The molecule has 5 amide bonds. The molecule has 12 nitrogen and oxygen atoms in total. The molecule has 47 heavy (non-hydrogen) atoms. The van der Waals surface area contributed by atoms with Crippen molar-refractivity contribution >= 4 is 35.5 Å². The maximum absolute atomic E-state index is 14.2. The van der Waals surface area contributed by atoms with Crippen molar-refractivity contribution in [1.82, 2.24) is 25.8 Å². The topological polar surface area (TPSA) is 154 Å². The number of likely N-dealkylation sites (N-methyl/N-ethyl adjacent to an activating group) is 1. The van der Waals surface area contributed by atoms with Crippen LogP contribution in [-0.4, -0.2) is 95.7 Å². The molecule has 2 fully saturated rings. The summed E-state index contributed by atoms with van der Waals surface area (Å²) in [6.07, 6.45) is 0.452. The van der Waals surface area contributed by atoms with E-state index in [1.807, 2.05) is 71.9 Å². The largest absolute Gasteiger partial charge is 0.452 e. The van der Waals surface area contributed by atoms with Gasteiger partial charge in [-0.2, -0.15) is 0 Å². The van der Waals surface area contributed by atoms with Gasteiger partial charge in [-0.05, 0) is 49.0 Å². The number of ether oxygens (including phenoxy) is 1. The van der Waals surface area contributed by atoms with Gasteiger partial charge in [-0.25, -0.2) is 0 Å². The zero-order chi connectivity index (χ0) is 34.8. The third-order valence-corrected chi connectivity index (χ3v) is 8.60. The van der Waals surface area contributed by atoms with Crippen LogP contribution < -0.4 is 16.0 Å². The monoisotopic (exact) mass is 655 g/mol. The highest BCUT2D eigenvalue weighted by molar-refractivity contribution is 5.96. The molecule has 0 aromatic heterocycles. The lowest BCUT2D eigenvalue weighted by Gasteiger charge is -2.35. The third kappa shape index (κ3) is 10.5. The first-order valence-electron chi connectivity index (χ1n) is 16.9. The lowest BCUT2D eigenvalue weighted by molar-refractivity contribution is -0.162. The average molecular weight is 656 g/mol. The first-order valence-corrected chi connectivity index (χ1v) is 16.9. The van der Waals surface area contributed by atoms with Crippen LogP contribution in [0.4, 0.5) is 0 Å². The molecule has 0 unspecified atom stereocenters. The van der Waals surface area contributed by atoms with Gasteiger partial charge in [-0.3, -0.25) is 28.8 Å². The molecule has 5 atom stereocenters. The Morgan fingerprint density at radius 2 is 1.45 bits per heavy atom. The number of hydrogen-bond acceptors (Lipinski definition) is 7. The molecular weight excluding hydrogens is 602 g/mol. The zero-order valence-electron chi connectivity index (χ0n) is 28.9. The van der Waals surface area contributed by atoms with Gasteiger partial charge in [0.2, 0.25) is 23.6 Å². The normalized spacial score (nSPS) is 26.0. The minimum atomic E-state index is -1.10. The molecular formula is C35H53N5O7.